The van der Waals surface area contributed by atoms with Gasteiger partial charge in [-0.2, -0.15) is 0 Å². The van der Waals surface area contributed by atoms with Gasteiger partial charge in [0.2, 0.25) is 0 Å². The van der Waals surface area contributed by atoms with Gasteiger partial charge in [-0.05, 0) is 25.2 Å². The third kappa shape index (κ3) is 3.27. The summed E-state index contributed by atoms with van der Waals surface area (Å²) in [5, 5.41) is 6.85. The van der Waals surface area contributed by atoms with Gasteiger partial charge >= 0.3 is 0 Å². The van der Waals surface area contributed by atoms with Crippen molar-refractivity contribution in [2.75, 3.05) is 13.1 Å². The number of nitrogens with two attached hydrogens (primary N) is 1. The van der Waals surface area contributed by atoms with Crippen molar-refractivity contribution in [3.63, 3.8) is 0 Å². The van der Waals surface area contributed by atoms with Gasteiger partial charge < -0.3 is 11.1 Å². The predicted octanol–water partition coefficient (Wildman–Crippen LogP) is 2.10. The first-order valence-corrected chi connectivity index (χ1v) is 7.35. The summed E-state index contributed by atoms with van der Waals surface area (Å²) in [5.74, 6) is 0. The van der Waals surface area contributed by atoms with E-state index in [2.05, 4.69) is 29.5 Å². The zero-order chi connectivity index (χ0) is 12.3. The Balaban J connectivity index is 1.69. The summed E-state index contributed by atoms with van der Waals surface area (Å²) >= 11 is 1.73. The van der Waals surface area contributed by atoms with E-state index >= 15 is 0 Å². The maximum Gasteiger partial charge on any atom is 0.0897 e. The first-order chi connectivity index (χ1) is 8.10. The van der Waals surface area contributed by atoms with Crippen LogP contribution in [-0.2, 0) is 6.42 Å². The standard InChI is InChI=1S/C13H23N3S/c1-10-16-11(8-17-10)5-7-15-9-13(2)6-3-4-12(13)14/h8,12,15H,3-7,9,14H2,1-2H3. The van der Waals surface area contributed by atoms with Crippen molar-refractivity contribution < 1.29 is 0 Å². The summed E-state index contributed by atoms with van der Waals surface area (Å²) in [4.78, 5) is 4.47. The van der Waals surface area contributed by atoms with Gasteiger partial charge in [-0.1, -0.05) is 13.3 Å². The number of aromatic nitrogens is 1. The largest absolute Gasteiger partial charge is 0.327 e. The van der Waals surface area contributed by atoms with Crippen LogP contribution in [0.5, 0.6) is 0 Å². The lowest BCUT2D eigenvalue weighted by Crippen LogP contribution is -2.42. The Morgan fingerprint density at radius 2 is 2.47 bits per heavy atom. The highest BCUT2D eigenvalue weighted by atomic mass is 32.1. The number of aryl methyl sites for hydroxylation is 1. The summed E-state index contributed by atoms with van der Waals surface area (Å²) in [7, 11) is 0. The average molecular weight is 253 g/mol. The van der Waals surface area contributed by atoms with E-state index in [1.165, 1.54) is 25.0 Å². The van der Waals surface area contributed by atoms with Gasteiger partial charge in [0.15, 0.2) is 0 Å². The number of hydrogen-bond acceptors (Lipinski definition) is 4. The third-order valence-corrected chi connectivity index (χ3v) is 4.73. The zero-order valence-corrected chi connectivity index (χ0v) is 11.6. The van der Waals surface area contributed by atoms with E-state index in [0.29, 0.717) is 11.5 Å². The lowest BCUT2D eigenvalue weighted by molar-refractivity contribution is 0.279. The molecule has 17 heavy (non-hydrogen) atoms. The van der Waals surface area contributed by atoms with Crippen molar-refractivity contribution in [3.05, 3.63) is 16.1 Å². The Morgan fingerprint density at radius 1 is 1.65 bits per heavy atom. The lowest BCUT2D eigenvalue weighted by atomic mass is 9.85. The van der Waals surface area contributed by atoms with Crippen molar-refractivity contribution in [2.24, 2.45) is 11.1 Å². The SMILES string of the molecule is Cc1nc(CCNCC2(C)CCCC2N)cs1. The van der Waals surface area contributed by atoms with E-state index in [9.17, 15) is 0 Å². The molecule has 0 aliphatic heterocycles. The van der Waals surface area contributed by atoms with Crippen LogP contribution in [0.2, 0.25) is 0 Å². The molecule has 3 N–H and O–H groups in total. The van der Waals surface area contributed by atoms with Gasteiger partial charge in [-0.25, -0.2) is 4.98 Å². The molecule has 1 aromatic heterocycles. The minimum absolute atomic E-state index is 0.304. The van der Waals surface area contributed by atoms with Gasteiger partial charge in [0, 0.05) is 30.9 Å². The van der Waals surface area contributed by atoms with Crippen molar-refractivity contribution >= 4 is 11.3 Å². The molecule has 1 fully saturated rings. The fraction of sp³-hybridized carbons (Fsp3) is 0.769. The van der Waals surface area contributed by atoms with Crippen molar-refractivity contribution in [1.82, 2.24) is 10.3 Å². The van der Waals surface area contributed by atoms with Gasteiger partial charge in [0.1, 0.15) is 0 Å². The molecule has 2 atom stereocenters. The van der Waals surface area contributed by atoms with Crippen molar-refractivity contribution in [3.8, 4) is 0 Å². The van der Waals surface area contributed by atoms with Crippen LogP contribution in [0, 0.1) is 12.3 Å². The number of nitrogens with zero attached hydrogens (tertiary/aromatic N) is 1. The fourth-order valence-corrected chi connectivity index (χ4v) is 3.24. The molecule has 3 nitrogen and oxygen atoms in total. The normalized spacial score (nSPS) is 28.8. The first kappa shape index (κ1) is 13.0. The molecule has 0 amide bonds. The van der Waals surface area contributed by atoms with Gasteiger partial charge in [-0.15, -0.1) is 11.3 Å². The van der Waals surface area contributed by atoms with Crippen LogP contribution in [-0.4, -0.2) is 24.1 Å². The summed E-state index contributed by atoms with van der Waals surface area (Å²) in [6, 6.07) is 0.372. The molecule has 96 valence electrons. The third-order valence-electron chi connectivity index (χ3n) is 3.91. The van der Waals surface area contributed by atoms with Crippen LogP contribution >= 0.6 is 11.3 Å². The van der Waals surface area contributed by atoms with Crippen LogP contribution in [0.25, 0.3) is 0 Å². The Hall–Kier alpha value is -0.450. The molecule has 1 aromatic rings. The summed E-state index contributed by atoms with van der Waals surface area (Å²) in [5.41, 5.74) is 7.67. The van der Waals surface area contributed by atoms with Crippen LogP contribution in [0.3, 0.4) is 0 Å². The van der Waals surface area contributed by atoms with E-state index in [4.69, 9.17) is 5.73 Å². The highest BCUT2D eigenvalue weighted by molar-refractivity contribution is 7.09. The Kier molecular flexibility index (Phi) is 4.17. The molecular weight excluding hydrogens is 230 g/mol. The molecule has 0 spiro atoms. The minimum atomic E-state index is 0.304. The first-order valence-electron chi connectivity index (χ1n) is 6.47. The molecule has 0 bridgehead atoms. The van der Waals surface area contributed by atoms with Gasteiger partial charge in [0.05, 0.1) is 10.7 Å². The average Bonchev–Trinajstić information content (AvgIpc) is 2.83. The highest BCUT2D eigenvalue weighted by Gasteiger charge is 2.35. The fourth-order valence-electron chi connectivity index (χ4n) is 2.59. The van der Waals surface area contributed by atoms with E-state index in [0.717, 1.165) is 24.5 Å². The van der Waals surface area contributed by atoms with Crippen molar-refractivity contribution in [1.29, 1.82) is 0 Å². The summed E-state index contributed by atoms with van der Waals surface area (Å²) < 4.78 is 0. The summed E-state index contributed by atoms with van der Waals surface area (Å²) in [6.07, 6.45) is 4.75. The molecule has 2 rings (SSSR count). The molecule has 0 aromatic carbocycles. The maximum absolute atomic E-state index is 6.16. The number of thiazole rings is 1. The Morgan fingerprint density at radius 3 is 3.06 bits per heavy atom. The van der Waals surface area contributed by atoms with Crippen LogP contribution in [0.15, 0.2) is 5.38 Å². The Bertz CT molecular complexity index is 363. The van der Waals surface area contributed by atoms with E-state index in [1.807, 2.05) is 0 Å². The molecular formula is C13H23N3S. The van der Waals surface area contributed by atoms with Crippen LogP contribution in [0.1, 0.15) is 36.9 Å². The second-order valence-corrected chi connectivity index (χ2v) is 6.50. The van der Waals surface area contributed by atoms with Gasteiger partial charge in [0.25, 0.3) is 0 Å². The molecule has 2 unspecified atom stereocenters. The smallest absolute Gasteiger partial charge is 0.0897 e. The maximum atomic E-state index is 6.16. The Labute approximate surface area is 108 Å². The molecule has 0 radical (unpaired) electrons. The van der Waals surface area contributed by atoms with E-state index in [1.54, 1.807) is 11.3 Å². The molecule has 0 saturated heterocycles. The molecule has 1 heterocycles. The molecule has 1 aliphatic rings. The summed E-state index contributed by atoms with van der Waals surface area (Å²) in [6.45, 7) is 6.41. The second kappa shape index (κ2) is 5.46. The van der Waals surface area contributed by atoms with Crippen molar-refractivity contribution in [2.45, 2.75) is 45.6 Å². The topological polar surface area (TPSA) is 50.9 Å². The highest BCUT2D eigenvalue weighted by Crippen LogP contribution is 2.35. The number of hydrogen-bond donors (Lipinski definition) is 2. The van der Waals surface area contributed by atoms with E-state index < -0.39 is 0 Å². The van der Waals surface area contributed by atoms with Crippen LogP contribution in [0.4, 0.5) is 0 Å². The quantitative estimate of drug-likeness (QED) is 0.790. The van der Waals surface area contributed by atoms with Crippen LogP contribution < -0.4 is 11.1 Å². The second-order valence-electron chi connectivity index (χ2n) is 5.44. The van der Waals surface area contributed by atoms with Gasteiger partial charge in [-0.3, -0.25) is 0 Å². The minimum Gasteiger partial charge on any atom is -0.327 e. The van der Waals surface area contributed by atoms with E-state index in [-0.39, 0.29) is 0 Å². The molecule has 4 heteroatoms. The molecule has 1 aliphatic carbocycles. The molecule has 1 saturated carbocycles. The number of nitrogens with one attached hydrogen (secondary N) is 1. The number of rotatable bonds is 5. The zero-order valence-electron chi connectivity index (χ0n) is 10.8. The predicted molar refractivity (Wildman–Crippen MR) is 73.4 cm³/mol. The lowest BCUT2D eigenvalue weighted by Gasteiger charge is -2.29. The monoisotopic (exact) mass is 253 g/mol.